The normalized spacial score (nSPS) is 20.1. The van der Waals surface area contributed by atoms with E-state index in [2.05, 4.69) is 5.10 Å². The lowest BCUT2D eigenvalue weighted by Gasteiger charge is -2.30. The highest BCUT2D eigenvalue weighted by Gasteiger charge is 2.36. The molecule has 124 valence electrons. The first-order valence-electron chi connectivity index (χ1n) is 7.46. The van der Waals surface area contributed by atoms with Gasteiger partial charge in [-0.25, -0.2) is 8.42 Å². The molecule has 0 aliphatic carbocycles. The van der Waals surface area contributed by atoms with Crippen molar-refractivity contribution in [2.24, 2.45) is 13.0 Å². The van der Waals surface area contributed by atoms with Crippen molar-refractivity contribution in [3.8, 4) is 0 Å². The van der Waals surface area contributed by atoms with Crippen LogP contribution in [0.5, 0.6) is 0 Å². The Morgan fingerprint density at radius 1 is 1.41 bits per heavy atom. The van der Waals surface area contributed by atoms with E-state index in [4.69, 9.17) is 4.74 Å². The minimum absolute atomic E-state index is 0.176. The molecule has 1 aliphatic rings. The van der Waals surface area contributed by atoms with E-state index in [-0.39, 0.29) is 23.3 Å². The molecule has 2 heterocycles. The van der Waals surface area contributed by atoms with Crippen molar-refractivity contribution in [2.75, 3.05) is 19.7 Å². The van der Waals surface area contributed by atoms with Crippen molar-refractivity contribution in [3.63, 3.8) is 0 Å². The summed E-state index contributed by atoms with van der Waals surface area (Å²) in [6.45, 7) is 6.08. The van der Waals surface area contributed by atoms with Crippen molar-refractivity contribution in [3.05, 3.63) is 11.4 Å². The molecule has 1 saturated heterocycles. The van der Waals surface area contributed by atoms with Crippen LogP contribution in [0.4, 0.5) is 0 Å². The Hall–Kier alpha value is -1.41. The zero-order chi connectivity index (χ0) is 16.5. The standard InChI is InChI=1S/C14H23N3O4S/c1-5-21-14(18)12-7-6-8-17(9-12)22(19,20)13-10(2)15-16(4)11(13)3/h12H,5-9H2,1-4H3. The molecule has 8 heteroatoms. The number of carbonyl (C=O) groups excluding carboxylic acids is 1. The molecule has 1 atom stereocenters. The Morgan fingerprint density at radius 3 is 2.64 bits per heavy atom. The summed E-state index contributed by atoms with van der Waals surface area (Å²) in [5, 5.41) is 4.17. The van der Waals surface area contributed by atoms with Gasteiger partial charge in [0.25, 0.3) is 0 Å². The van der Waals surface area contributed by atoms with E-state index in [9.17, 15) is 13.2 Å². The van der Waals surface area contributed by atoms with Gasteiger partial charge >= 0.3 is 5.97 Å². The maximum absolute atomic E-state index is 12.9. The third-order valence-electron chi connectivity index (χ3n) is 4.04. The number of carbonyl (C=O) groups is 1. The van der Waals surface area contributed by atoms with Gasteiger partial charge in [0.15, 0.2) is 0 Å². The van der Waals surface area contributed by atoms with Crippen LogP contribution in [0, 0.1) is 19.8 Å². The van der Waals surface area contributed by atoms with Crippen LogP contribution in [0.3, 0.4) is 0 Å². The van der Waals surface area contributed by atoms with Gasteiger partial charge < -0.3 is 4.74 Å². The van der Waals surface area contributed by atoms with Gasteiger partial charge in [0.05, 0.1) is 23.9 Å². The molecule has 1 aromatic rings. The molecule has 0 spiro atoms. The van der Waals surface area contributed by atoms with Gasteiger partial charge in [-0.05, 0) is 33.6 Å². The van der Waals surface area contributed by atoms with Crippen LogP contribution >= 0.6 is 0 Å². The molecular formula is C14H23N3O4S. The summed E-state index contributed by atoms with van der Waals surface area (Å²) in [5.74, 6) is -0.706. The Bertz CT molecular complexity index is 666. The first-order valence-corrected chi connectivity index (χ1v) is 8.90. The second-order valence-electron chi connectivity index (χ2n) is 5.58. The third kappa shape index (κ3) is 3.03. The summed E-state index contributed by atoms with van der Waals surface area (Å²) in [4.78, 5) is 12.1. The molecule has 0 aromatic carbocycles. The highest BCUT2D eigenvalue weighted by Crippen LogP contribution is 2.27. The van der Waals surface area contributed by atoms with Gasteiger partial charge in [-0.2, -0.15) is 9.40 Å². The predicted octanol–water partition coefficient (Wildman–Crippen LogP) is 1.00. The fourth-order valence-electron chi connectivity index (χ4n) is 2.87. The lowest BCUT2D eigenvalue weighted by atomic mass is 10.0. The van der Waals surface area contributed by atoms with E-state index >= 15 is 0 Å². The molecule has 1 aliphatic heterocycles. The summed E-state index contributed by atoms with van der Waals surface area (Å²) >= 11 is 0. The van der Waals surface area contributed by atoms with E-state index in [1.54, 1.807) is 32.5 Å². The average molecular weight is 329 g/mol. The number of ether oxygens (including phenoxy) is 1. The summed E-state index contributed by atoms with van der Waals surface area (Å²) in [6, 6.07) is 0. The molecule has 2 rings (SSSR count). The first kappa shape index (κ1) is 17.0. The van der Waals surface area contributed by atoms with Crippen molar-refractivity contribution < 1.29 is 17.9 Å². The first-order chi connectivity index (χ1) is 10.3. The Labute approximate surface area is 131 Å². The van der Waals surface area contributed by atoms with Crippen LogP contribution in [0.2, 0.25) is 0 Å². The number of hydrogen-bond donors (Lipinski definition) is 0. The molecule has 1 unspecified atom stereocenters. The largest absolute Gasteiger partial charge is 0.466 e. The van der Waals surface area contributed by atoms with Crippen molar-refractivity contribution in [1.82, 2.24) is 14.1 Å². The maximum Gasteiger partial charge on any atom is 0.310 e. The van der Waals surface area contributed by atoms with E-state index in [1.165, 1.54) is 4.31 Å². The van der Waals surface area contributed by atoms with E-state index < -0.39 is 10.0 Å². The van der Waals surface area contributed by atoms with E-state index in [1.807, 2.05) is 0 Å². The summed E-state index contributed by atoms with van der Waals surface area (Å²) in [6.07, 6.45) is 1.32. The van der Waals surface area contributed by atoms with Gasteiger partial charge in [-0.1, -0.05) is 0 Å². The highest BCUT2D eigenvalue weighted by atomic mass is 32.2. The number of piperidine rings is 1. The monoisotopic (exact) mass is 329 g/mol. The molecule has 0 radical (unpaired) electrons. The molecule has 0 amide bonds. The number of esters is 1. The van der Waals surface area contributed by atoms with Crippen molar-refractivity contribution in [1.29, 1.82) is 0 Å². The molecule has 1 aromatic heterocycles. The lowest BCUT2D eigenvalue weighted by molar-refractivity contribution is -0.149. The molecular weight excluding hydrogens is 306 g/mol. The van der Waals surface area contributed by atoms with Gasteiger partial charge in [-0.3, -0.25) is 9.48 Å². The van der Waals surface area contributed by atoms with Crippen LogP contribution in [-0.4, -0.2) is 48.2 Å². The van der Waals surface area contributed by atoms with Gasteiger partial charge in [0.2, 0.25) is 10.0 Å². The quantitative estimate of drug-likeness (QED) is 0.770. The van der Waals surface area contributed by atoms with E-state index in [0.29, 0.717) is 37.4 Å². The van der Waals surface area contributed by atoms with Gasteiger partial charge in [0, 0.05) is 20.1 Å². The summed E-state index contributed by atoms with van der Waals surface area (Å²) in [5.41, 5.74) is 1.09. The minimum atomic E-state index is -3.64. The van der Waals surface area contributed by atoms with Crippen molar-refractivity contribution >= 4 is 16.0 Å². The maximum atomic E-state index is 12.9. The summed E-state index contributed by atoms with van der Waals surface area (Å²) < 4.78 is 33.7. The van der Waals surface area contributed by atoms with Crippen LogP contribution in [-0.2, 0) is 26.6 Å². The molecule has 0 bridgehead atoms. The number of rotatable bonds is 4. The fourth-order valence-corrected chi connectivity index (χ4v) is 4.79. The molecule has 0 N–H and O–H groups in total. The fraction of sp³-hybridized carbons (Fsp3) is 0.714. The Kier molecular flexibility index (Phi) is 4.91. The zero-order valence-electron chi connectivity index (χ0n) is 13.5. The molecule has 0 saturated carbocycles. The van der Waals surface area contributed by atoms with Gasteiger partial charge in [0.1, 0.15) is 4.90 Å². The van der Waals surface area contributed by atoms with Gasteiger partial charge in [-0.15, -0.1) is 0 Å². The van der Waals surface area contributed by atoms with Crippen LogP contribution < -0.4 is 0 Å². The summed E-state index contributed by atoms with van der Waals surface area (Å²) in [7, 11) is -1.92. The number of sulfonamides is 1. The molecule has 1 fully saturated rings. The topological polar surface area (TPSA) is 81.5 Å². The number of aryl methyl sites for hydroxylation is 2. The second kappa shape index (κ2) is 6.37. The van der Waals surface area contributed by atoms with Crippen LogP contribution in [0.15, 0.2) is 4.90 Å². The minimum Gasteiger partial charge on any atom is -0.466 e. The predicted molar refractivity (Wildman–Crippen MR) is 80.8 cm³/mol. The highest BCUT2D eigenvalue weighted by molar-refractivity contribution is 7.89. The molecule has 22 heavy (non-hydrogen) atoms. The number of aromatic nitrogens is 2. The SMILES string of the molecule is CCOC(=O)C1CCCN(S(=O)(=O)c2c(C)nn(C)c2C)C1. The second-order valence-corrected chi connectivity index (χ2v) is 7.45. The number of nitrogens with zero attached hydrogens (tertiary/aromatic N) is 3. The third-order valence-corrected chi connectivity index (χ3v) is 6.16. The van der Waals surface area contributed by atoms with Crippen LogP contribution in [0.1, 0.15) is 31.2 Å². The Morgan fingerprint density at radius 2 is 2.09 bits per heavy atom. The zero-order valence-corrected chi connectivity index (χ0v) is 14.3. The Balaban J connectivity index is 2.28. The lowest BCUT2D eigenvalue weighted by Crippen LogP contribution is -2.43. The number of hydrogen-bond acceptors (Lipinski definition) is 5. The van der Waals surface area contributed by atoms with Crippen molar-refractivity contribution in [2.45, 2.75) is 38.5 Å². The average Bonchev–Trinajstić information content (AvgIpc) is 2.73. The van der Waals surface area contributed by atoms with E-state index in [0.717, 1.165) is 0 Å². The molecule has 7 nitrogen and oxygen atoms in total. The van der Waals surface area contributed by atoms with Crippen LogP contribution in [0.25, 0.3) is 0 Å². The smallest absolute Gasteiger partial charge is 0.310 e.